The summed E-state index contributed by atoms with van der Waals surface area (Å²) in [6, 6.07) is 6.03. The summed E-state index contributed by atoms with van der Waals surface area (Å²) in [6.45, 7) is 0.286. The average Bonchev–Trinajstić information content (AvgIpc) is 2.45. The Morgan fingerprint density at radius 2 is 1.86 bits per heavy atom. The molecule has 0 fully saturated rings. The van der Waals surface area contributed by atoms with Crippen LogP contribution in [0.2, 0.25) is 0 Å². The molecule has 1 heterocycles. The van der Waals surface area contributed by atoms with Crippen LogP contribution in [0, 0.1) is 0 Å². The van der Waals surface area contributed by atoms with Crippen LogP contribution in [0.3, 0.4) is 0 Å². The maximum Gasteiger partial charge on any atom is 0.416 e. The smallest absolute Gasteiger partial charge is 0.416 e. The van der Waals surface area contributed by atoms with E-state index in [2.05, 4.69) is 10.3 Å². The Kier molecular flexibility index (Phi) is 4.11. The Morgan fingerprint density at radius 1 is 1.19 bits per heavy atom. The molecule has 0 bridgehead atoms. The number of carboxylic acids is 1. The number of rotatable bonds is 4. The number of aromatic nitrogens is 1. The van der Waals surface area contributed by atoms with Crippen LogP contribution >= 0.6 is 0 Å². The molecule has 21 heavy (non-hydrogen) atoms. The van der Waals surface area contributed by atoms with Crippen LogP contribution in [0.1, 0.15) is 21.5 Å². The average molecular weight is 296 g/mol. The van der Waals surface area contributed by atoms with Gasteiger partial charge in [0, 0.05) is 24.6 Å². The zero-order valence-electron chi connectivity index (χ0n) is 10.7. The molecule has 0 unspecified atom stereocenters. The molecule has 0 radical (unpaired) electrons. The molecule has 2 rings (SSSR count). The van der Waals surface area contributed by atoms with E-state index in [4.69, 9.17) is 5.11 Å². The molecule has 0 aliphatic rings. The van der Waals surface area contributed by atoms with E-state index in [0.29, 0.717) is 6.07 Å². The molecular weight excluding hydrogens is 285 g/mol. The molecule has 0 amide bonds. The molecule has 0 aliphatic heterocycles. The topological polar surface area (TPSA) is 62.2 Å². The van der Waals surface area contributed by atoms with Gasteiger partial charge < -0.3 is 10.4 Å². The molecule has 0 spiro atoms. The van der Waals surface area contributed by atoms with Crippen molar-refractivity contribution in [3.8, 4) is 0 Å². The fourth-order valence-electron chi connectivity index (χ4n) is 1.75. The first-order valence-corrected chi connectivity index (χ1v) is 5.95. The number of alkyl halides is 3. The highest BCUT2D eigenvalue weighted by Gasteiger charge is 2.31. The number of anilines is 1. The largest absolute Gasteiger partial charge is 0.478 e. The molecule has 2 aromatic rings. The molecule has 110 valence electrons. The number of halogens is 3. The van der Waals surface area contributed by atoms with Crippen molar-refractivity contribution in [2.24, 2.45) is 0 Å². The van der Waals surface area contributed by atoms with Gasteiger partial charge in [-0.05, 0) is 35.9 Å². The van der Waals surface area contributed by atoms with E-state index in [1.165, 1.54) is 0 Å². The van der Waals surface area contributed by atoms with Crippen LogP contribution in [0.15, 0.2) is 42.7 Å². The lowest BCUT2D eigenvalue weighted by atomic mass is 10.1. The van der Waals surface area contributed by atoms with Gasteiger partial charge in [-0.25, -0.2) is 4.79 Å². The molecule has 1 aromatic heterocycles. The van der Waals surface area contributed by atoms with Gasteiger partial charge in [0.15, 0.2) is 0 Å². The van der Waals surface area contributed by atoms with E-state index < -0.39 is 23.3 Å². The lowest BCUT2D eigenvalue weighted by Gasteiger charge is -2.13. The zero-order chi connectivity index (χ0) is 15.5. The molecule has 0 aliphatic carbocycles. The van der Waals surface area contributed by atoms with Crippen molar-refractivity contribution in [2.45, 2.75) is 12.7 Å². The van der Waals surface area contributed by atoms with E-state index in [-0.39, 0.29) is 12.2 Å². The van der Waals surface area contributed by atoms with E-state index in [9.17, 15) is 18.0 Å². The zero-order valence-corrected chi connectivity index (χ0v) is 10.7. The van der Waals surface area contributed by atoms with Gasteiger partial charge in [-0.15, -0.1) is 0 Å². The fraction of sp³-hybridized carbons (Fsp3) is 0.143. The highest BCUT2D eigenvalue weighted by molar-refractivity contribution is 5.94. The first-order chi connectivity index (χ1) is 9.88. The predicted octanol–water partition coefficient (Wildman–Crippen LogP) is 3.41. The fourth-order valence-corrected chi connectivity index (χ4v) is 1.75. The van der Waals surface area contributed by atoms with E-state index in [0.717, 1.165) is 17.7 Å². The van der Waals surface area contributed by atoms with Crippen LogP contribution in [0.5, 0.6) is 0 Å². The lowest BCUT2D eigenvalue weighted by molar-refractivity contribution is -0.137. The maximum absolute atomic E-state index is 12.6. The van der Waals surface area contributed by atoms with Gasteiger partial charge in [-0.1, -0.05) is 0 Å². The van der Waals surface area contributed by atoms with Gasteiger partial charge in [0.1, 0.15) is 0 Å². The minimum Gasteiger partial charge on any atom is -0.478 e. The summed E-state index contributed by atoms with van der Waals surface area (Å²) >= 11 is 0. The minimum absolute atomic E-state index is 0.132. The SMILES string of the molecule is O=C(O)c1cc(C(F)(F)F)ccc1NCc1ccncc1. The number of aromatic carboxylic acids is 1. The standard InChI is InChI=1S/C14H11F3N2O2/c15-14(16,17)10-1-2-12(11(7-10)13(20)21)19-8-9-3-5-18-6-4-9/h1-7,19H,8H2,(H,20,21). The molecule has 4 nitrogen and oxygen atoms in total. The second-order valence-electron chi connectivity index (χ2n) is 4.27. The summed E-state index contributed by atoms with van der Waals surface area (Å²) in [5.41, 5.74) is -0.443. The van der Waals surface area contributed by atoms with Crippen LogP contribution in [-0.4, -0.2) is 16.1 Å². The van der Waals surface area contributed by atoms with E-state index >= 15 is 0 Å². The monoisotopic (exact) mass is 296 g/mol. The Bertz CT molecular complexity index is 642. The first kappa shape index (κ1) is 14.8. The van der Waals surface area contributed by atoms with Crippen molar-refractivity contribution in [1.82, 2.24) is 4.98 Å². The Balaban J connectivity index is 2.25. The van der Waals surface area contributed by atoms with Gasteiger partial charge in [-0.2, -0.15) is 13.2 Å². The summed E-state index contributed by atoms with van der Waals surface area (Å²) < 4.78 is 37.8. The van der Waals surface area contributed by atoms with Crippen LogP contribution in [0.4, 0.5) is 18.9 Å². The molecule has 0 atom stereocenters. The second-order valence-corrected chi connectivity index (χ2v) is 4.27. The Morgan fingerprint density at radius 3 is 2.43 bits per heavy atom. The van der Waals surface area contributed by atoms with Gasteiger partial charge in [0.25, 0.3) is 0 Å². The van der Waals surface area contributed by atoms with Crippen molar-refractivity contribution in [2.75, 3.05) is 5.32 Å². The van der Waals surface area contributed by atoms with Crippen molar-refractivity contribution >= 4 is 11.7 Å². The van der Waals surface area contributed by atoms with Crippen molar-refractivity contribution in [3.63, 3.8) is 0 Å². The maximum atomic E-state index is 12.6. The summed E-state index contributed by atoms with van der Waals surface area (Å²) in [7, 11) is 0. The summed E-state index contributed by atoms with van der Waals surface area (Å²) in [5, 5.41) is 11.8. The van der Waals surface area contributed by atoms with Crippen molar-refractivity contribution in [3.05, 3.63) is 59.4 Å². The van der Waals surface area contributed by atoms with Crippen molar-refractivity contribution in [1.29, 1.82) is 0 Å². The van der Waals surface area contributed by atoms with Crippen LogP contribution in [0.25, 0.3) is 0 Å². The molecular formula is C14H11F3N2O2. The highest BCUT2D eigenvalue weighted by atomic mass is 19.4. The summed E-state index contributed by atoms with van der Waals surface area (Å²) in [4.78, 5) is 14.9. The normalized spacial score (nSPS) is 11.2. The van der Waals surface area contributed by atoms with Gasteiger partial charge in [-0.3, -0.25) is 4.98 Å². The molecule has 0 saturated carbocycles. The quantitative estimate of drug-likeness (QED) is 0.907. The first-order valence-electron chi connectivity index (χ1n) is 5.95. The molecule has 2 N–H and O–H groups in total. The third-order valence-corrected chi connectivity index (χ3v) is 2.81. The third kappa shape index (κ3) is 3.71. The number of hydrogen-bond donors (Lipinski definition) is 2. The van der Waals surface area contributed by atoms with Gasteiger partial charge >= 0.3 is 12.1 Å². The Hall–Kier alpha value is -2.57. The number of nitrogens with zero attached hydrogens (tertiary/aromatic N) is 1. The van der Waals surface area contributed by atoms with Crippen molar-refractivity contribution < 1.29 is 23.1 Å². The summed E-state index contributed by atoms with van der Waals surface area (Å²) in [5.74, 6) is -1.42. The highest BCUT2D eigenvalue weighted by Crippen LogP contribution is 2.32. The third-order valence-electron chi connectivity index (χ3n) is 2.81. The van der Waals surface area contributed by atoms with E-state index in [1.54, 1.807) is 24.5 Å². The van der Waals surface area contributed by atoms with Crippen LogP contribution in [-0.2, 0) is 12.7 Å². The van der Waals surface area contributed by atoms with Crippen LogP contribution < -0.4 is 5.32 Å². The number of carboxylic acid groups (broad SMARTS) is 1. The lowest BCUT2D eigenvalue weighted by Crippen LogP contribution is -2.11. The molecule has 7 heteroatoms. The van der Waals surface area contributed by atoms with Gasteiger partial charge in [0.2, 0.25) is 0 Å². The number of hydrogen-bond acceptors (Lipinski definition) is 3. The number of nitrogens with one attached hydrogen (secondary N) is 1. The Labute approximate surface area is 118 Å². The molecule has 0 saturated heterocycles. The number of benzene rings is 1. The summed E-state index contributed by atoms with van der Waals surface area (Å²) in [6.07, 6.45) is -1.43. The number of pyridine rings is 1. The van der Waals surface area contributed by atoms with Gasteiger partial charge in [0.05, 0.1) is 11.1 Å². The van der Waals surface area contributed by atoms with E-state index in [1.807, 2.05) is 0 Å². The predicted molar refractivity (Wildman–Crippen MR) is 70.0 cm³/mol. The minimum atomic E-state index is -4.58. The number of carbonyl (C=O) groups is 1. The second kappa shape index (κ2) is 5.82. The molecule has 1 aromatic carbocycles.